The zero-order valence-electron chi connectivity index (χ0n) is 8.01. The number of nitrogens with zero attached hydrogens (tertiary/aromatic N) is 2. The Balaban J connectivity index is 0.00000112. The fraction of sp³-hybridized carbons (Fsp3) is 0. The molecule has 0 saturated heterocycles. The molecular weight excluding hydrogens is 191 g/mol. The van der Waals surface area contributed by atoms with E-state index in [1.54, 1.807) is 24.3 Å². The summed E-state index contributed by atoms with van der Waals surface area (Å²) >= 11 is 0. The normalized spacial score (nSPS) is 9.33. The molecule has 0 unspecified atom stereocenters. The van der Waals surface area contributed by atoms with Crippen molar-refractivity contribution in [2.24, 2.45) is 0 Å². The number of aromatic nitrogens is 2. The van der Waals surface area contributed by atoms with E-state index in [9.17, 15) is 9.90 Å². The first-order valence-electron chi connectivity index (χ1n) is 3.88. The van der Waals surface area contributed by atoms with Crippen molar-refractivity contribution in [2.75, 3.05) is 0 Å². The molecule has 1 aromatic carbocycles. The molecule has 6 heteroatoms. The molecule has 15 heavy (non-hydrogen) atoms. The summed E-state index contributed by atoms with van der Waals surface area (Å²) in [5, 5.41) is 13.6. The van der Waals surface area contributed by atoms with Crippen molar-refractivity contribution in [1.29, 1.82) is 0 Å². The molecule has 2 rings (SSSR count). The van der Waals surface area contributed by atoms with E-state index in [0.29, 0.717) is 5.56 Å². The Kier molecular flexibility index (Phi) is 3.66. The average molecular weight is 196 g/mol. The molecule has 0 aliphatic carbocycles. The van der Waals surface area contributed by atoms with Gasteiger partial charge in [0, 0.05) is 5.56 Å². The second-order valence-corrected chi connectivity index (χ2v) is 2.58. The maximum atomic E-state index is 10.3. The summed E-state index contributed by atoms with van der Waals surface area (Å²) in [6.07, 6.45) is 0. The van der Waals surface area contributed by atoms with Gasteiger partial charge in [-0.3, -0.25) is 0 Å². The smallest absolute Gasteiger partial charge is 0.541 e. The van der Waals surface area contributed by atoms with Crippen LogP contribution < -0.4 is 24.0 Å². The first-order chi connectivity index (χ1) is 6.77. The van der Waals surface area contributed by atoms with Crippen molar-refractivity contribution < 1.29 is 33.3 Å². The van der Waals surface area contributed by atoms with Crippen molar-refractivity contribution in [3.63, 3.8) is 0 Å². The van der Waals surface area contributed by atoms with Gasteiger partial charge in [-0.2, -0.15) is 4.98 Å². The van der Waals surface area contributed by atoms with Gasteiger partial charge >= 0.3 is 18.9 Å². The molecule has 0 atom stereocenters. The number of aromatic carboxylic acids is 1. The molecule has 70 valence electrons. The average Bonchev–Trinajstić information content (AvgIpc) is 2.68. The van der Waals surface area contributed by atoms with E-state index in [0.717, 1.165) is 0 Å². The molecule has 0 radical (unpaired) electrons. The van der Waals surface area contributed by atoms with E-state index >= 15 is 0 Å². The molecule has 5 nitrogen and oxygen atoms in total. The van der Waals surface area contributed by atoms with Crippen LogP contribution in [0.3, 0.4) is 0 Å². The van der Waals surface area contributed by atoms with E-state index in [1.165, 1.54) is 0 Å². The summed E-state index contributed by atoms with van der Waals surface area (Å²) in [5.41, 5.74) is 0.674. The summed E-state index contributed by atoms with van der Waals surface area (Å²) in [6, 6.07) is 8.90. The van der Waals surface area contributed by atoms with Gasteiger partial charge in [0.15, 0.2) is 0 Å². The van der Waals surface area contributed by atoms with Crippen LogP contribution in [-0.4, -0.2) is 16.1 Å². The zero-order chi connectivity index (χ0) is 9.97. The van der Waals surface area contributed by atoms with Gasteiger partial charge in [-0.25, -0.2) is 0 Å². The van der Waals surface area contributed by atoms with Gasteiger partial charge in [0.1, 0.15) is 5.97 Å². The fourth-order valence-corrected chi connectivity index (χ4v) is 1.00. The predicted octanol–water partition coefficient (Wildman–Crippen LogP) is -2.90. The number of benzene rings is 1. The number of hydrogen-bond acceptors (Lipinski definition) is 5. The molecule has 0 aliphatic heterocycles. The van der Waals surface area contributed by atoms with Crippen LogP contribution in [0.2, 0.25) is 0 Å². The van der Waals surface area contributed by atoms with E-state index < -0.39 is 11.8 Å². The van der Waals surface area contributed by atoms with E-state index in [1.807, 2.05) is 6.07 Å². The zero-order valence-corrected chi connectivity index (χ0v) is 8.01. The third-order valence-electron chi connectivity index (χ3n) is 1.63. The number of hydrogen-bond donors (Lipinski definition) is 0. The van der Waals surface area contributed by atoms with Crippen LogP contribution in [0.1, 0.15) is 10.6 Å². The van der Waals surface area contributed by atoms with Crippen LogP contribution >= 0.6 is 0 Å². The van der Waals surface area contributed by atoms with Crippen LogP contribution in [0.4, 0.5) is 0 Å². The van der Waals surface area contributed by atoms with E-state index in [2.05, 4.69) is 10.1 Å². The quantitative estimate of drug-likeness (QED) is 0.481. The predicted molar refractivity (Wildman–Crippen MR) is 44.1 cm³/mol. The minimum absolute atomic E-state index is 0. The fourth-order valence-electron chi connectivity index (χ4n) is 1.00. The number of carboxylic acid groups (broad SMARTS) is 1. The van der Waals surface area contributed by atoms with Crippen LogP contribution in [0.15, 0.2) is 34.9 Å². The SMILES string of the molecule is O=C([O-])c1noc(-c2ccccc2)n1.[Li+]. The number of rotatable bonds is 2. The number of carbonyl (C=O) groups is 1. The minimum atomic E-state index is -1.45. The van der Waals surface area contributed by atoms with Crippen LogP contribution in [0.5, 0.6) is 0 Å². The standard InChI is InChI=1S/C9H6N2O3.Li/c12-9(13)7-10-8(14-11-7)6-4-2-1-3-5-6;/h1-5H,(H,12,13);/q;+1/p-1. The summed E-state index contributed by atoms with van der Waals surface area (Å²) < 4.78 is 4.73. The van der Waals surface area contributed by atoms with Gasteiger partial charge < -0.3 is 14.4 Å². The first-order valence-corrected chi connectivity index (χ1v) is 3.88. The third-order valence-corrected chi connectivity index (χ3v) is 1.63. The Bertz CT molecular complexity index is 455. The Morgan fingerprint density at radius 2 is 1.93 bits per heavy atom. The summed E-state index contributed by atoms with van der Waals surface area (Å²) in [6.45, 7) is 0. The van der Waals surface area contributed by atoms with Crippen molar-refractivity contribution in [3.8, 4) is 11.5 Å². The van der Waals surface area contributed by atoms with Crippen LogP contribution in [0.25, 0.3) is 11.5 Å². The van der Waals surface area contributed by atoms with Crippen molar-refractivity contribution in [3.05, 3.63) is 36.2 Å². The Morgan fingerprint density at radius 1 is 1.27 bits per heavy atom. The van der Waals surface area contributed by atoms with Crippen molar-refractivity contribution >= 4 is 5.97 Å². The Morgan fingerprint density at radius 3 is 2.47 bits per heavy atom. The van der Waals surface area contributed by atoms with Crippen molar-refractivity contribution in [1.82, 2.24) is 10.1 Å². The van der Waals surface area contributed by atoms with Crippen molar-refractivity contribution in [2.45, 2.75) is 0 Å². The summed E-state index contributed by atoms with van der Waals surface area (Å²) in [4.78, 5) is 14.0. The minimum Gasteiger partial charge on any atom is -0.541 e. The van der Waals surface area contributed by atoms with E-state index in [-0.39, 0.29) is 24.8 Å². The number of carboxylic acids is 1. The Labute approximate surface area is 97.3 Å². The molecule has 0 aliphatic rings. The molecule has 0 fully saturated rings. The molecule has 0 amide bonds. The van der Waals surface area contributed by atoms with E-state index in [4.69, 9.17) is 4.52 Å². The monoisotopic (exact) mass is 196 g/mol. The topological polar surface area (TPSA) is 79.0 Å². The van der Waals surface area contributed by atoms with Crippen LogP contribution in [-0.2, 0) is 0 Å². The van der Waals surface area contributed by atoms with Gasteiger partial charge in [0.2, 0.25) is 5.82 Å². The maximum absolute atomic E-state index is 10.3. The second-order valence-electron chi connectivity index (χ2n) is 2.58. The second kappa shape index (κ2) is 4.78. The van der Waals surface area contributed by atoms with Gasteiger partial charge in [-0.1, -0.05) is 23.4 Å². The maximum Gasteiger partial charge on any atom is 1.00 e. The molecule has 0 bridgehead atoms. The molecule has 1 heterocycles. The van der Waals surface area contributed by atoms with Gasteiger partial charge in [-0.15, -0.1) is 0 Å². The molecule has 2 aromatic rings. The summed E-state index contributed by atoms with van der Waals surface area (Å²) in [7, 11) is 0. The van der Waals surface area contributed by atoms with Gasteiger partial charge in [0.25, 0.3) is 5.89 Å². The van der Waals surface area contributed by atoms with Gasteiger partial charge in [-0.05, 0) is 12.1 Å². The summed E-state index contributed by atoms with van der Waals surface area (Å²) in [5.74, 6) is -1.72. The number of carbonyl (C=O) groups excluding carboxylic acids is 1. The Hall–Kier alpha value is -1.57. The van der Waals surface area contributed by atoms with Gasteiger partial charge in [0.05, 0.1) is 0 Å². The molecule has 0 saturated carbocycles. The first kappa shape index (κ1) is 11.5. The molecule has 0 spiro atoms. The van der Waals surface area contributed by atoms with Crippen LogP contribution in [0, 0.1) is 0 Å². The third kappa shape index (κ3) is 2.46. The molecular formula is C9H5LiN2O3. The molecule has 1 aromatic heterocycles. The largest absolute Gasteiger partial charge is 1.00 e. The molecule has 0 N–H and O–H groups in total.